The number of rotatable bonds is 1. The van der Waals surface area contributed by atoms with Crippen molar-refractivity contribution < 1.29 is 13.2 Å². The van der Waals surface area contributed by atoms with E-state index in [0.717, 1.165) is 0 Å². The monoisotopic (exact) mass is 193 g/mol. The van der Waals surface area contributed by atoms with Gasteiger partial charge in [0.05, 0.1) is 0 Å². The van der Waals surface area contributed by atoms with Gasteiger partial charge in [-0.25, -0.2) is 0 Å². The summed E-state index contributed by atoms with van der Waals surface area (Å²) in [6, 6.07) is 0.270. The van der Waals surface area contributed by atoms with Crippen LogP contribution < -0.4 is 0 Å². The molecule has 1 atom stereocenters. The van der Waals surface area contributed by atoms with Gasteiger partial charge in [0.1, 0.15) is 0 Å². The fourth-order valence-corrected chi connectivity index (χ4v) is 1.55. The number of halogens is 3. The van der Waals surface area contributed by atoms with Gasteiger partial charge in [-0.05, 0) is 33.4 Å². The highest BCUT2D eigenvalue weighted by molar-refractivity contribution is 5.13. The number of hydrogen-bond acceptors (Lipinski definition) is 1. The standard InChI is InChI=1S/C9H14F3N/c1-13(2)8-5-3-7(4-6-8)9(10,11)12/h3,8H,4-6H2,1-2H3. The summed E-state index contributed by atoms with van der Waals surface area (Å²) in [4.78, 5) is 1.98. The summed E-state index contributed by atoms with van der Waals surface area (Å²) in [5.74, 6) is 0. The van der Waals surface area contributed by atoms with Crippen LogP contribution in [0.15, 0.2) is 11.6 Å². The van der Waals surface area contributed by atoms with Crippen LogP contribution in [-0.4, -0.2) is 31.2 Å². The minimum atomic E-state index is -4.11. The van der Waals surface area contributed by atoms with Crippen LogP contribution in [0.3, 0.4) is 0 Å². The summed E-state index contributed by atoms with van der Waals surface area (Å²) in [5, 5.41) is 0. The molecule has 0 aliphatic heterocycles. The third-order valence-corrected chi connectivity index (χ3v) is 2.48. The van der Waals surface area contributed by atoms with Gasteiger partial charge < -0.3 is 4.90 Å². The van der Waals surface area contributed by atoms with E-state index >= 15 is 0 Å². The number of nitrogens with zero attached hydrogens (tertiary/aromatic N) is 1. The minimum absolute atomic E-state index is 0.159. The number of alkyl halides is 3. The molecule has 0 aromatic heterocycles. The van der Waals surface area contributed by atoms with Gasteiger partial charge in [0.25, 0.3) is 0 Å². The smallest absolute Gasteiger partial charge is 0.306 e. The van der Waals surface area contributed by atoms with Crippen molar-refractivity contribution in [2.75, 3.05) is 14.1 Å². The molecule has 0 radical (unpaired) electrons. The molecule has 76 valence electrons. The molecule has 0 aromatic rings. The molecule has 0 amide bonds. The first-order valence-corrected chi connectivity index (χ1v) is 4.34. The predicted molar refractivity (Wildman–Crippen MR) is 45.5 cm³/mol. The molecule has 0 bridgehead atoms. The van der Waals surface area contributed by atoms with Crippen molar-refractivity contribution in [3.8, 4) is 0 Å². The topological polar surface area (TPSA) is 3.24 Å². The molecule has 13 heavy (non-hydrogen) atoms. The molecule has 0 spiro atoms. The molecule has 0 saturated carbocycles. The van der Waals surface area contributed by atoms with Crippen molar-refractivity contribution in [1.82, 2.24) is 4.90 Å². The van der Waals surface area contributed by atoms with E-state index in [0.29, 0.717) is 12.8 Å². The van der Waals surface area contributed by atoms with Gasteiger partial charge in [-0.15, -0.1) is 0 Å². The molecule has 0 saturated heterocycles. The lowest BCUT2D eigenvalue weighted by Crippen LogP contribution is -2.31. The fourth-order valence-electron chi connectivity index (χ4n) is 1.55. The molecule has 1 unspecified atom stereocenters. The normalized spacial score (nSPS) is 24.8. The molecule has 4 heteroatoms. The number of allylic oxidation sites excluding steroid dienone is 1. The van der Waals surface area contributed by atoms with Gasteiger partial charge in [-0.3, -0.25) is 0 Å². The van der Waals surface area contributed by atoms with Crippen LogP contribution in [0.2, 0.25) is 0 Å². The molecule has 1 aliphatic rings. The predicted octanol–water partition coefficient (Wildman–Crippen LogP) is 2.59. The molecule has 0 fully saturated rings. The summed E-state index contributed by atoms with van der Waals surface area (Å²) >= 11 is 0. The first-order chi connectivity index (χ1) is 5.91. The zero-order valence-electron chi connectivity index (χ0n) is 7.86. The molecule has 1 aliphatic carbocycles. The van der Waals surface area contributed by atoms with Crippen molar-refractivity contribution >= 4 is 0 Å². The second-order valence-corrected chi connectivity index (χ2v) is 3.62. The SMILES string of the molecule is CN(C)C1CC=C(C(F)(F)F)CC1. The summed E-state index contributed by atoms with van der Waals surface area (Å²) in [5.41, 5.74) is -0.356. The van der Waals surface area contributed by atoms with Crippen LogP contribution in [0, 0.1) is 0 Å². The van der Waals surface area contributed by atoms with E-state index in [9.17, 15) is 13.2 Å². The van der Waals surface area contributed by atoms with Crippen LogP contribution in [-0.2, 0) is 0 Å². The summed E-state index contributed by atoms with van der Waals surface area (Å²) in [6.45, 7) is 0. The molecule has 1 nitrogen and oxygen atoms in total. The van der Waals surface area contributed by atoms with Crippen LogP contribution >= 0.6 is 0 Å². The van der Waals surface area contributed by atoms with Crippen molar-refractivity contribution in [3.63, 3.8) is 0 Å². The lowest BCUT2D eigenvalue weighted by molar-refractivity contribution is -0.0957. The van der Waals surface area contributed by atoms with Gasteiger partial charge in [-0.2, -0.15) is 13.2 Å². The Morgan fingerprint density at radius 1 is 1.38 bits per heavy atom. The van der Waals surface area contributed by atoms with Crippen LogP contribution in [0.5, 0.6) is 0 Å². The Balaban J connectivity index is 2.58. The van der Waals surface area contributed by atoms with Crippen molar-refractivity contribution in [3.05, 3.63) is 11.6 Å². The lowest BCUT2D eigenvalue weighted by atomic mass is 9.94. The Kier molecular flexibility index (Phi) is 3.01. The Hall–Kier alpha value is -0.510. The molecule has 0 N–H and O–H groups in total. The average Bonchev–Trinajstić information content (AvgIpc) is 2.03. The highest BCUT2D eigenvalue weighted by Gasteiger charge is 2.35. The van der Waals surface area contributed by atoms with E-state index in [-0.39, 0.29) is 18.0 Å². The Labute approximate surface area is 76.2 Å². The van der Waals surface area contributed by atoms with Crippen LogP contribution in [0.25, 0.3) is 0 Å². The summed E-state index contributed by atoms with van der Waals surface area (Å²) in [6.07, 6.45) is -1.50. The first-order valence-electron chi connectivity index (χ1n) is 4.34. The van der Waals surface area contributed by atoms with E-state index < -0.39 is 6.18 Å². The third-order valence-electron chi connectivity index (χ3n) is 2.48. The van der Waals surface area contributed by atoms with Gasteiger partial charge in [0.15, 0.2) is 0 Å². The van der Waals surface area contributed by atoms with Gasteiger partial charge >= 0.3 is 6.18 Å². The van der Waals surface area contributed by atoms with E-state index in [1.807, 2.05) is 19.0 Å². The second-order valence-electron chi connectivity index (χ2n) is 3.62. The summed E-state index contributed by atoms with van der Waals surface area (Å²) in [7, 11) is 3.80. The van der Waals surface area contributed by atoms with E-state index in [1.54, 1.807) is 0 Å². The van der Waals surface area contributed by atoms with Crippen molar-refractivity contribution in [2.45, 2.75) is 31.5 Å². The van der Waals surface area contributed by atoms with Crippen molar-refractivity contribution in [2.24, 2.45) is 0 Å². The van der Waals surface area contributed by atoms with E-state index in [4.69, 9.17) is 0 Å². The Morgan fingerprint density at radius 3 is 2.31 bits per heavy atom. The maximum atomic E-state index is 12.2. The van der Waals surface area contributed by atoms with Gasteiger partial charge in [-0.1, -0.05) is 6.08 Å². The first kappa shape index (κ1) is 10.6. The molecular formula is C9H14F3N. The van der Waals surface area contributed by atoms with Crippen LogP contribution in [0.1, 0.15) is 19.3 Å². The Morgan fingerprint density at radius 2 is 2.00 bits per heavy atom. The maximum Gasteiger partial charge on any atom is 0.412 e. The van der Waals surface area contributed by atoms with Gasteiger partial charge in [0, 0.05) is 11.6 Å². The second kappa shape index (κ2) is 3.70. The fraction of sp³-hybridized carbons (Fsp3) is 0.778. The lowest BCUT2D eigenvalue weighted by Gasteiger charge is -2.28. The minimum Gasteiger partial charge on any atom is -0.306 e. The summed E-state index contributed by atoms with van der Waals surface area (Å²) < 4.78 is 36.6. The molecule has 0 heterocycles. The van der Waals surface area contributed by atoms with Crippen LogP contribution in [0.4, 0.5) is 13.2 Å². The van der Waals surface area contributed by atoms with Crippen molar-refractivity contribution in [1.29, 1.82) is 0 Å². The molecule has 1 rings (SSSR count). The highest BCUT2D eigenvalue weighted by Crippen LogP contribution is 2.33. The van der Waals surface area contributed by atoms with E-state index in [1.165, 1.54) is 6.08 Å². The molecular weight excluding hydrogens is 179 g/mol. The Bertz CT molecular complexity index is 205. The number of hydrogen-bond donors (Lipinski definition) is 0. The average molecular weight is 193 g/mol. The quantitative estimate of drug-likeness (QED) is 0.578. The molecule has 0 aromatic carbocycles. The van der Waals surface area contributed by atoms with Gasteiger partial charge in [0.2, 0.25) is 0 Å². The zero-order chi connectivity index (χ0) is 10.1. The van der Waals surface area contributed by atoms with E-state index in [2.05, 4.69) is 0 Å². The maximum absolute atomic E-state index is 12.2. The highest BCUT2D eigenvalue weighted by atomic mass is 19.4. The largest absolute Gasteiger partial charge is 0.412 e. The third kappa shape index (κ3) is 2.72. The zero-order valence-corrected chi connectivity index (χ0v) is 7.86.